The van der Waals surface area contributed by atoms with Crippen molar-refractivity contribution in [2.24, 2.45) is 7.05 Å². The van der Waals surface area contributed by atoms with Gasteiger partial charge in [0, 0.05) is 12.6 Å². The number of aryl methyl sites for hydroxylation is 1. The van der Waals surface area contributed by atoms with Gasteiger partial charge in [0.1, 0.15) is 28.9 Å². The second-order valence-electron chi connectivity index (χ2n) is 5.43. The summed E-state index contributed by atoms with van der Waals surface area (Å²) in [5.74, 6) is -2.70. The number of nitrogens with one attached hydrogen (secondary N) is 1. The molecule has 3 aromatic rings. The fourth-order valence-corrected chi connectivity index (χ4v) is 2.51. The van der Waals surface area contributed by atoms with Crippen LogP contribution >= 0.6 is 0 Å². The Morgan fingerprint density at radius 2 is 1.81 bits per heavy atom. The molecule has 0 spiro atoms. The minimum atomic E-state index is -0.902. The van der Waals surface area contributed by atoms with E-state index in [-0.39, 0.29) is 5.69 Å². The lowest BCUT2D eigenvalue weighted by atomic mass is 10.1. The van der Waals surface area contributed by atoms with Gasteiger partial charge in [-0.25, -0.2) is 13.2 Å². The summed E-state index contributed by atoms with van der Waals surface area (Å²) in [6.07, 6.45) is 0. The van der Waals surface area contributed by atoms with Crippen LogP contribution < -0.4 is 10.1 Å². The van der Waals surface area contributed by atoms with E-state index in [1.165, 1.54) is 42.1 Å². The summed E-state index contributed by atoms with van der Waals surface area (Å²) in [6, 6.07) is 8.56. The number of carbonyl (C=O) groups excluding carboxylic acids is 1. The van der Waals surface area contributed by atoms with Crippen LogP contribution in [0.1, 0.15) is 10.5 Å². The topological polar surface area (TPSA) is 56.1 Å². The van der Waals surface area contributed by atoms with E-state index in [0.29, 0.717) is 17.0 Å². The molecule has 8 heteroatoms. The number of halogens is 3. The maximum atomic E-state index is 13.7. The standard InChI is InChI=1S/C18H14F3N3O2/c1-24-15(11-8-10(19)6-7-16(11)26-2)9-14(23-24)18(25)22-17-12(20)4-3-5-13(17)21/h3-9H,1-2H3,(H,22,25). The van der Waals surface area contributed by atoms with Crippen LogP contribution in [0.15, 0.2) is 42.5 Å². The van der Waals surface area contributed by atoms with E-state index >= 15 is 0 Å². The number of para-hydroxylation sites is 1. The summed E-state index contributed by atoms with van der Waals surface area (Å²) in [5, 5.41) is 6.19. The molecule has 134 valence electrons. The predicted octanol–water partition coefficient (Wildman–Crippen LogP) is 3.77. The third-order valence-corrected chi connectivity index (χ3v) is 3.75. The summed E-state index contributed by atoms with van der Waals surface area (Å²) in [7, 11) is 2.99. The number of nitrogens with zero attached hydrogens (tertiary/aromatic N) is 2. The van der Waals surface area contributed by atoms with Gasteiger partial charge in [0.25, 0.3) is 5.91 Å². The molecule has 0 bridgehead atoms. The highest BCUT2D eigenvalue weighted by atomic mass is 19.1. The Bertz CT molecular complexity index is 966. The van der Waals surface area contributed by atoms with E-state index in [2.05, 4.69) is 10.4 Å². The maximum absolute atomic E-state index is 13.7. The summed E-state index contributed by atoms with van der Waals surface area (Å²) >= 11 is 0. The molecule has 2 aromatic carbocycles. The van der Waals surface area contributed by atoms with E-state index < -0.39 is 29.0 Å². The first-order chi connectivity index (χ1) is 12.4. The molecule has 1 heterocycles. The summed E-state index contributed by atoms with van der Waals surface area (Å²) in [5.41, 5.74) is 0.142. The number of carbonyl (C=O) groups is 1. The quantitative estimate of drug-likeness (QED) is 0.770. The lowest BCUT2D eigenvalue weighted by molar-refractivity contribution is 0.102. The van der Waals surface area contributed by atoms with Crippen molar-refractivity contribution in [3.8, 4) is 17.0 Å². The fraction of sp³-hybridized carbons (Fsp3) is 0.111. The second kappa shape index (κ2) is 6.91. The molecule has 0 aliphatic carbocycles. The van der Waals surface area contributed by atoms with Gasteiger partial charge in [-0.15, -0.1) is 0 Å². The first-order valence-electron chi connectivity index (χ1n) is 7.54. The molecular weight excluding hydrogens is 347 g/mol. The molecule has 0 radical (unpaired) electrons. The number of hydrogen-bond acceptors (Lipinski definition) is 3. The van der Waals surface area contributed by atoms with Gasteiger partial charge < -0.3 is 10.1 Å². The number of amides is 1. The molecule has 0 aliphatic rings. The minimum absolute atomic E-state index is 0.0866. The molecule has 0 fully saturated rings. The molecule has 0 saturated carbocycles. The number of aromatic nitrogens is 2. The highest BCUT2D eigenvalue weighted by molar-refractivity contribution is 6.03. The van der Waals surface area contributed by atoms with Crippen LogP contribution in [0.2, 0.25) is 0 Å². The van der Waals surface area contributed by atoms with Crippen LogP contribution in [0.5, 0.6) is 5.75 Å². The Kier molecular flexibility index (Phi) is 4.66. The molecule has 1 amide bonds. The van der Waals surface area contributed by atoms with Gasteiger partial charge in [-0.1, -0.05) is 6.07 Å². The van der Waals surface area contributed by atoms with Gasteiger partial charge in [-0.3, -0.25) is 9.48 Å². The van der Waals surface area contributed by atoms with Crippen LogP contribution in [0.3, 0.4) is 0 Å². The number of ether oxygens (including phenoxy) is 1. The number of benzene rings is 2. The van der Waals surface area contributed by atoms with E-state index in [0.717, 1.165) is 12.1 Å². The maximum Gasteiger partial charge on any atom is 0.276 e. The second-order valence-corrected chi connectivity index (χ2v) is 5.43. The van der Waals surface area contributed by atoms with Crippen LogP contribution in [0.25, 0.3) is 11.3 Å². The first-order valence-corrected chi connectivity index (χ1v) is 7.54. The van der Waals surface area contributed by atoms with Crippen molar-refractivity contribution < 1.29 is 22.7 Å². The van der Waals surface area contributed by atoms with Gasteiger partial charge in [0.2, 0.25) is 0 Å². The van der Waals surface area contributed by atoms with Crippen molar-refractivity contribution >= 4 is 11.6 Å². The molecule has 26 heavy (non-hydrogen) atoms. The molecule has 0 saturated heterocycles. The normalized spacial score (nSPS) is 10.7. The Labute approximate surface area is 147 Å². The number of anilines is 1. The van der Waals surface area contributed by atoms with Gasteiger partial charge in [-0.2, -0.15) is 5.10 Å². The first kappa shape index (κ1) is 17.5. The molecule has 0 unspecified atom stereocenters. The zero-order valence-electron chi connectivity index (χ0n) is 13.9. The van der Waals surface area contributed by atoms with E-state index in [4.69, 9.17) is 4.74 Å². The molecular formula is C18H14F3N3O2. The van der Waals surface area contributed by atoms with Crippen LogP contribution in [-0.4, -0.2) is 22.8 Å². The van der Waals surface area contributed by atoms with Gasteiger partial charge in [0.05, 0.1) is 12.8 Å². The van der Waals surface area contributed by atoms with Crippen molar-refractivity contribution in [3.05, 3.63) is 65.6 Å². The van der Waals surface area contributed by atoms with Crippen molar-refractivity contribution in [1.82, 2.24) is 9.78 Å². The molecule has 1 N–H and O–H groups in total. The molecule has 3 rings (SSSR count). The number of methoxy groups -OCH3 is 1. The smallest absolute Gasteiger partial charge is 0.276 e. The van der Waals surface area contributed by atoms with Gasteiger partial charge in [-0.05, 0) is 36.4 Å². The Hall–Kier alpha value is -3.29. The molecule has 5 nitrogen and oxygen atoms in total. The SMILES string of the molecule is COc1ccc(F)cc1-c1cc(C(=O)Nc2c(F)cccc2F)nn1C. The lowest BCUT2D eigenvalue weighted by Crippen LogP contribution is -2.15. The predicted molar refractivity (Wildman–Crippen MR) is 89.5 cm³/mol. The molecule has 0 atom stereocenters. The highest BCUT2D eigenvalue weighted by Gasteiger charge is 2.19. The average Bonchev–Trinajstić information content (AvgIpc) is 3.00. The lowest BCUT2D eigenvalue weighted by Gasteiger charge is -2.08. The van der Waals surface area contributed by atoms with E-state index in [1.807, 2.05) is 0 Å². The van der Waals surface area contributed by atoms with Crippen molar-refractivity contribution in [3.63, 3.8) is 0 Å². The van der Waals surface area contributed by atoms with Gasteiger partial charge in [0.15, 0.2) is 5.69 Å². The van der Waals surface area contributed by atoms with Crippen LogP contribution in [0.4, 0.5) is 18.9 Å². The van der Waals surface area contributed by atoms with Crippen LogP contribution in [0, 0.1) is 17.5 Å². The van der Waals surface area contributed by atoms with E-state index in [1.54, 1.807) is 7.05 Å². The third kappa shape index (κ3) is 3.26. The average molecular weight is 361 g/mol. The Balaban J connectivity index is 1.96. The molecule has 0 aliphatic heterocycles. The Morgan fingerprint density at radius 3 is 2.46 bits per heavy atom. The van der Waals surface area contributed by atoms with E-state index in [9.17, 15) is 18.0 Å². The number of rotatable bonds is 4. The zero-order valence-corrected chi connectivity index (χ0v) is 13.9. The summed E-state index contributed by atoms with van der Waals surface area (Å²) < 4.78 is 47.5. The van der Waals surface area contributed by atoms with Crippen LogP contribution in [-0.2, 0) is 7.05 Å². The van der Waals surface area contributed by atoms with Crippen molar-refractivity contribution in [2.45, 2.75) is 0 Å². The number of hydrogen-bond donors (Lipinski definition) is 1. The largest absolute Gasteiger partial charge is 0.496 e. The highest BCUT2D eigenvalue weighted by Crippen LogP contribution is 2.31. The zero-order chi connectivity index (χ0) is 18.8. The van der Waals surface area contributed by atoms with Gasteiger partial charge >= 0.3 is 0 Å². The fourth-order valence-electron chi connectivity index (χ4n) is 2.51. The third-order valence-electron chi connectivity index (χ3n) is 3.75. The monoisotopic (exact) mass is 361 g/mol. The summed E-state index contributed by atoms with van der Waals surface area (Å²) in [6.45, 7) is 0. The van der Waals surface area contributed by atoms with Crippen molar-refractivity contribution in [2.75, 3.05) is 12.4 Å². The summed E-state index contributed by atoms with van der Waals surface area (Å²) in [4.78, 5) is 12.3. The van der Waals surface area contributed by atoms with Crippen molar-refractivity contribution in [1.29, 1.82) is 0 Å². The molecule has 1 aromatic heterocycles. The minimum Gasteiger partial charge on any atom is -0.496 e. The Morgan fingerprint density at radius 1 is 1.12 bits per heavy atom.